The molecule has 1 saturated carbocycles. The average Bonchev–Trinajstić information content (AvgIpc) is 2.73. The van der Waals surface area contributed by atoms with Crippen LogP contribution in [0.5, 0.6) is 0 Å². The van der Waals surface area contributed by atoms with Gasteiger partial charge < -0.3 is 10.2 Å². The van der Waals surface area contributed by atoms with Crippen molar-refractivity contribution in [3.05, 3.63) is 71.3 Å². The summed E-state index contributed by atoms with van der Waals surface area (Å²) in [4.78, 5) is 14.8. The van der Waals surface area contributed by atoms with E-state index in [0.717, 1.165) is 55.4 Å². The van der Waals surface area contributed by atoms with Crippen LogP contribution < -0.4 is 5.32 Å². The number of hydrogen-bond donors (Lipinski definition) is 1. The lowest BCUT2D eigenvalue weighted by atomic mass is 9.94. The Labute approximate surface area is 175 Å². The molecule has 3 nitrogen and oxygen atoms in total. The quantitative estimate of drug-likeness (QED) is 0.560. The van der Waals surface area contributed by atoms with Gasteiger partial charge >= 0.3 is 12.2 Å². The first kappa shape index (κ1) is 21.9. The van der Waals surface area contributed by atoms with Crippen LogP contribution in [0.3, 0.4) is 0 Å². The average molecular weight is 416 g/mol. The monoisotopic (exact) mass is 416 g/mol. The van der Waals surface area contributed by atoms with Gasteiger partial charge in [-0.15, -0.1) is 0 Å². The van der Waals surface area contributed by atoms with Crippen LogP contribution in [0.1, 0.15) is 50.2 Å². The summed E-state index contributed by atoms with van der Waals surface area (Å²) < 4.78 is 39.0. The SMILES string of the molecule is C/C(=C\c1ccccc1)CN(C(=O)Nc1cccc(C(F)(F)F)c1)C1CCCCC1. The van der Waals surface area contributed by atoms with Gasteiger partial charge in [-0.3, -0.25) is 0 Å². The number of alkyl halides is 3. The van der Waals surface area contributed by atoms with Crippen molar-refractivity contribution in [1.29, 1.82) is 0 Å². The molecule has 0 atom stereocenters. The van der Waals surface area contributed by atoms with Crippen molar-refractivity contribution in [2.75, 3.05) is 11.9 Å². The number of amides is 2. The van der Waals surface area contributed by atoms with Crippen molar-refractivity contribution in [1.82, 2.24) is 4.90 Å². The Morgan fingerprint density at radius 2 is 1.77 bits per heavy atom. The zero-order valence-corrected chi connectivity index (χ0v) is 17.1. The highest BCUT2D eigenvalue weighted by Crippen LogP contribution is 2.31. The van der Waals surface area contributed by atoms with Gasteiger partial charge in [0.05, 0.1) is 5.56 Å². The number of halogens is 3. The molecule has 6 heteroatoms. The smallest absolute Gasteiger partial charge is 0.318 e. The molecule has 1 N–H and O–H groups in total. The Morgan fingerprint density at radius 3 is 2.43 bits per heavy atom. The zero-order chi connectivity index (χ0) is 21.6. The van der Waals surface area contributed by atoms with Gasteiger partial charge in [-0.05, 0) is 43.5 Å². The number of rotatable bonds is 5. The summed E-state index contributed by atoms with van der Waals surface area (Å²) in [7, 11) is 0. The lowest BCUT2D eigenvalue weighted by molar-refractivity contribution is -0.137. The van der Waals surface area contributed by atoms with Crippen molar-refractivity contribution in [3.8, 4) is 0 Å². The highest BCUT2D eigenvalue weighted by atomic mass is 19.4. The summed E-state index contributed by atoms with van der Waals surface area (Å²) in [6.45, 7) is 2.41. The van der Waals surface area contributed by atoms with Crippen LogP contribution in [0.4, 0.5) is 23.7 Å². The normalized spacial score (nSPS) is 15.7. The maximum absolute atomic E-state index is 13.1. The van der Waals surface area contributed by atoms with E-state index in [1.807, 2.05) is 43.3 Å². The van der Waals surface area contributed by atoms with E-state index in [1.165, 1.54) is 12.1 Å². The fourth-order valence-corrected chi connectivity index (χ4v) is 3.88. The maximum Gasteiger partial charge on any atom is 0.416 e. The topological polar surface area (TPSA) is 32.3 Å². The number of nitrogens with zero attached hydrogens (tertiary/aromatic N) is 1. The second kappa shape index (κ2) is 9.83. The van der Waals surface area contributed by atoms with Gasteiger partial charge in [0.2, 0.25) is 0 Å². The summed E-state index contributed by atoms with van der Waals surface area (Å²) in [5.74, 6) is 0. The van der Waals surface area contributed by atoms with E-state index in [4.69, 9.17) is 0 Å². The molecule has 2 aromatic carbocycles. The Morgan fingerprint density at radius 1 is 1.07 bits per heavy atom. The van der Waals surface area contributed by atoms with Crippen molar-refractivity contribution in [2.24, 2.45) is 0 Å². The van der Waals surface area contributed by atoms with Crippen LogP contribution in [0.2, 0.25) is 0 Å². The summed E-state index contributed by atoms with van der Waals surface area (Å²) in [5.41, 5.74) is 1.45. The Bertz CT molecular complexity index is 872. The molecule has 1 aliphatic rings. The van der Waals surface area contributed by atoms with E-state index in [0.29, 0.717) is 6.54 Å². The highest BCUT2D eigenvalue weighted by Gasteiger charge is 2.31. The van der Waals surface area contributed by atoms with Crippen LogP contribution >= 0.6 is 0 Å². The summed E-state index contributed by atoms with van der Waals surface area (Å²) in [6, 6.07) is 14.4. The molecule has 2 amide bonds. The van der Waals surface area contributed by atoms with Crippen LogP contribution in [0.15, 0.2) is 60.2 Å². The summed E-state index contributed by atoms with van der Waals surface area (Å²) in [5, 5.41) is 2.68. The van der Waals surface area contributed by atoms with Gasteiger partial charge in [-0.2, -0.15) is 13.2 Å². The maximum atomic E-state index is 13.1. The minimum atomic E-state index is -4.45. The lowest BCUT2D eigenvalue weighted by Crippen LogP contribution is -2.44. The Hall–Kier alpha value is -2.76. The van der Waals surface area contributed by atoms with Gasteiger partial charge in [-0.1, -0.05) is 67.3 Å². The molecular formula is C24H27F3N2O. The molecule has 3 rings (SSSR count). The van der Waals surface area contributed by atoms with Crippen LogP contribution in [-0.2, 0) is 6.18 Å². The van der Waals surface area contributed by atoms with E-state index in [2.05, 4.69) is 5.32 Å². The number of benzene rings is 2. The minimum absolute atomic E-state index is 0.0867. The number of carbonyl (C=O) groups is 1. The van der Waals surface area contributed by atoms with E-state index < -0.39 is 11.7 Å². The molecule has 0 aromatic heterocycles. The fraction of sp³-hybridized carbons (Fsp3) is 0.375. The molecule has 2 aromatic rings. The second-order valence-corrected chi connectivity index (χ2v) is 7.83. The second-order valence-electron chi connectivity index (χ2n) is 7.83. The van der Waals surface area contributed by atoms with E-state index in [-0.39, 0.29) is 17.8 Å². The van der Waals surface area contributed by atoms with Gasteiger partial charge in [0, 0.05) is 18.3 Å². The minimum Gasteiger partial charge on any atom is -0.318 e. The number of urea groups is 1. The molecule has 0 unspecified atom stereocenters. The Kier molecular flexibility index (Phi) is 7.19. The van der Waals surface area contributed by atoms with Gasteiger partial charge in [0.15, 0.2) is 0 Å². The number of nitrogens with one attached hydrogen (secondary N) is 1. The van der Waals surface area contributed by atoms with Crippen molar-refractivity contribution in [2.45, 2.75) is 51.2 Å². The molecule has 0 bridgehead atoms. The molecule has 1 aliphatic carbocycles. The molecule has 0 saturated heterocycles. The van der Waals surface area contributed by atoms with Gasteiger partial charge in [0.25, 0.3) is 0 Å². The fourth-order valence-electron chi connectivity index (χ4n) is 3.88. The van der Waals surface area contributed by atoms with E-state index in [1.54, 1.807) is 4.90 Å². The molecular weight excluding hydrogens is 389 g/mol. The first-order valence-corrected chi connectivity index (χ1v) is 10.3. The van der Waals surface area contributed by atoms with Crippen LogP contribution in [0.25, 0.3) is 6.08 Å². The number of anilines is 1. The summed E-state index contributed by atoms with van der Waals surface area (Å²) in [6.07, 6.45) is 2.67. The highest BCUT2D eigenvalue weighted by molar-refractivity contribution is 5.90. The zero-order valence-electron chi connectivity index (χ0n) is 17.1. The van der Waals surface area contributed by atoms with Crippen molar-refractivity contribution in [3.63, 3.8) is 0 Å². The van der Waals surface area contributed by atoms with Crippen molar-refractivity contribution >= 4 is 17.8 Å². The molecule has 0 heterocycles. The van der Waals surface area contributed by atoms with E-state index >= 15 is 0 Å². The molecule has 30 heavy (non-hydrogen) atoms. The van der Waals surface area contributed by atoms with Crippen molar-refractivity contribution < 1.29 is 18.0 Å². The third-order valence-corrected chi connectivity index (χ3v) is 5.35. The molecule has 0 aliphatic heterocycles. The van der Waals surface area contributed by atoms with Gasteiger partial charge in [0.1, 0.15) is 0 Å². The molecule has 0 radical (unpaired) electrons. The lowest BCUT2D eigenvalue weighted by Gasteiger charge is -2.34. The molecule has 1 fully saturated rings. The predicted molar refractivity (Wildman–Crippen MR) is 114 cm³/mol. The predicted octanol–water partition coefficient (Wildman–Crippen LogP) is 6.98. The summed E-state index contributed by atoms with van der Waals surface area (Å²) >= 11 is 0. The van der Waals surface area contributed by atoms with Gasteiger partial charge in [-0.25, -0.2) is 4.79 Å². The number of hydrogen-bond acceptors (Lipinski definition) is 1. The number of carbonyl (C=O) groups excluding carboxylic acids is 1. The third-order valence-electron chi connectivity index (χ3n) is 5.35. The first-order chi connectivity index (χ1) is 14.3. The third kappa shape index (κ3) is 6.12. The standard InChI is InChI=1S/C24H27F3N2O/c1-18(15-19-9-4-2-5-10-19)17-29(22-13-6-3-7-14-22)23(30)28-21-12-8-11-20(16-21)24(25,26)27/h2,4-5,8-12,15-16,22H,3,6-7,13-14,17H2,1H3,(H,28,30)/b18-15+. The largest absolute Gasteiger partial charge is 0.416 e. The van der Waals surface area contributed by atoms with Crippen LogP contribution in [-0.4, -0.2) is 23.5 Å². The van der Waals surface area contributed by atoms with Crippen LogP contribution in [0, 0.1) is 0 Å². The Balaban J connectivity index is 1.78. The van der Waals surface area contributed by atoms with E-state index in [9.17, 15) is 18.0 Å². The molecule has 0 spiro atoms. The molecule has 160 valence electrons. The first-order valence-electron chi connectivity index (χ1n) is 10.3.